The number of nitrogens with zero attached hydrogens (tertiary/aromatic N) is 4. The van der Waals surface area contributed by atoms with E-state index in [1.54, 1.807) is 18.6 Å². The number of aliphatic carboxylic acids is 1. The quantitative estimate of drug-likeness (QED) is 0.507. The first kappa shape index (κ1) is 25.5. The molecular weight excluding hydrogens is 502 g/mol. The van der Waals surface area contributed by atoms with E-state index in [1.807, 2.05) is 27.8 Å². The van der Waals surface area contributed by atoms with Gasteiger partial charge in [-0.1, -0.05) is 23.2 Å². The highest BCUT2D eigenvalue weighted by Gasteiger charge is 2.38. The molecule has 0 amide bonds. The van der Waals surface area contributed by atoms with Gasteiger partial charge >= 0.3 is 18.1 Å². The zero-order valence-electron chi connectivity index (χ0n) is 17.5. The standard InChI is InChI=1S/C18H17Cl2N5O2.C2HF3O2/c1-27-18(26)13-9-24(7-5-22-13)15-8-14(25-6-4-21-10-25)11-2-3-12(19)16(20)17(11)23-15;3-2(4,5)1(6)7/h2-4,6,8,10,13,22H,5,7,9H2,1H3;(H,6,7). The molecule has 0 saturated carbocycles. The highest BCUT2D eigenvalue weighted by Crippen LogP contribution is 2.35. The number of ether oxygens (including phenoxy) is 1. The molecule has 0 radical (unpaired) electrons. The Labute approximate surface area is 201 Å². The maximum atomic E-state index is 11.9. The zero-order chi connectivity index (χ0) is 25.0. The summed E-state index contributed by atoms with van der Waals surface area (Å²) in [6.45, 7) is 1.80. The average Bonchev–Trinajstić information content (AvgIpc) is 3.35. The Balaban J connectivity index is 0.000000406. The van der Waals surface area contributed by atoms with Crippen LogP contribution >= 0.6 is 23.2 Å². The van der Waals surface area contributed by atoms with Crippen LogP contribution < -0.4 is 10.2 Å². The Hall–Kier alpha value is -3.09. The number of pyridine rings is 1. The monoisotopic (exact) mass is 519 g/mol. The van der Waals surface area contributed by atoms with Gasteiger partial charge in [-0.2, -0.15) is 13.2 Å². The Morgan fingerprint density at radius 2 is 2.00 bits per heavy atom. The Morgan fingerprint density at radius 1 is 1.29 bits per heavy atom. The number of esters is 1. The van der Waals surface area contributed by atoms with Gasteiger partial charge in [-0.3, -0.25) is 4.79 Å². The number of aromatic nitrogens is 3. The maximum Gasteiger partial charge on any atom is 0.490 e. The minimum absolute atomic E-state index is 0.295. The number of fused-ring (bicyclic) bond motifs is 1. The molecule has 182 valence electrons. The van der Waals surface area contributed by atoms with Gasteiger partial charge in [0.2, 0.25) is 0 Å². The largest absolute Gasteiger partial charge is 0.490 e. The van der Waals surface area contributed by atoms with E-state index < -0.39 is 18.2 Å². The van der Waals surface area contributed by atoms with Crippen molar-refractivity contribution in [2.75, 3.05) is 31.6 Å². The summed E-state index contributed by atoms with van der Waals surface area (Å²) in [5.41, 5.74) is 1.50. The minimum atomic E-state index is -5.08. The van der Waals surface area contributed by atoms with E-state index in [1.165, 1.54) is 7.11 Å². The summed E-state index contributed by atoms with van der Waals surface area (Å²) in [7, 11) is 1.39. The van der Waals surface area contributed by atoms with Gasteiger partial charge in [-0.05, 0) is 12.1 Å². The molecule has 2 N–H and O–H groups in total. The molecule has 2 aromatic heterocycles. The lowest BCUT2D eigenvalue weighted by atomic mass is 10.1. The number of carbonyl (C=O) groups excluding carboxylic acids is 1. The lowest BCUT2D eigenvalue weighted by molar-refractivity contribution is -0.192. The molecule has 0 spiro atoms. The van der Waals surface area contributed by atoms with E-state index in [0.717, 1.165) is 11.1 Å². The number of anilines is 1. The zero-order valence-corrected chi connectivity index (χ0v) is 19.0. The molecule has 0 bridgehead atoms. The summed E-state index contributed by atoms with van der Waals surface area (Å²) in [6, 6.07) is 5.21. The van der Waals surface area contributed by atoms with Gasteiger partial charge in [0, 0.05) is 43.5 Å². The van der Waals surface area contributed by atoms with E-state index in [0.29, 0.717) is 41.0 Å². The predicted octanol–water partition coefficient (Wildman–Crippen LogP) is 3.31. The van der Waals surface area contributed by atoms with Gasteiger partial charge in [0.25, 0.3) is 0 Å². The lowest BCUT2D eigenvalue weighted by Gasteiger charge is -2.33. The highest BCUT2D eigenvalue weighted by molar-refractivity contribution is 6.45. The van der Waals surface area contributed by atoms with E-state index in [9.17, 15) is 18.0 Å². The Kier molecular flexibility index (Phi) is 7.85. The van der Waals surface area contributed by atoms with E-state index in [2.05, 4.69) is 10.3 Å². The van der Waals surface area contributed by atoms with Gasteiger partial charge in [0.05, 0.1) is 34.7 Å². The van der Waals surface area contributed by atoms with Crippen LogP contribution in [-0.4, -0.2) is 70.5 Å². The van der Waals surface area contributed by atoms with Crippen molar-refractivity contribution in [3.05, 3.63) is 47.0 Å². The van der Waals surface area contributed by atoms with Crippen molar-refractivity contribution in [2.45, 2.75) is 12.2 Å². The van der Waals surface area contributed by atoms with Crippen LogP contribution in [-0.2, 0) is 14.3 Å². The minimum Gasteiger partial charge on any atom is -0.475 e. The third-order valence-corrected chi connectivity index (χ3v) is 5.64. The molecule has 1 atom stereocenters. The summed E-state index contributed by atoms with van der Waals surface area (Å²) in [5.74, 6) is -2.34. The summed E-state index contributed by atoms with van der Waals surface area (Å²) >= 11 is 12.7. The van der Waals surface area contributed by atoms with Gasteiger partial charge in [0.1, 0.15) is 11.9 Å². The number of halogens is 5. The summed E-state index contributed by atoms with van der Waals surface area (Å²) in [4.78, 5) is 31.7. The van der Waals surface area contributed by atoms with Crippen molar-refractivity contribution in [3.63, 3.8) is 0 Å². The van der Waals surface area contributed by atoms with Gasteiger partial charge in [0.15, 0.2) is 0 Å². The summed E-state index contributed by atoms with van der Waals surface area (Å²) < 4.78 is 38.5. The summed E-state index contributed by atoms with van der Waals surface area (Å²) in [5, 5.41) is 12.0. The van der Waals surface area contributed by atoms with Crippen LogP contribution in [0.25, 0.3) is 16.6 Å². The number of carboxylic acids is 1. The normalized spacial score (nSPS) is 16.1. The van der Waals surface area contributed by atoms with E-state index >= 15 is 0 Å². The molecule has 0 aliphatic carbocycles. The van der Waals surface area contributed by atoms with Crippen molar-refractivity contribution in [3.8, 4) is 5.69 Å². The molecular formula is C20H18Cl2F3N5O4. The van der Waals surface area contributed by atoms with Crippen LogP contribution in [0.2, 0.25) is 10.0 Å². The van der Waals surface area contributed by atoms with Crippen LogP contribution in [0.1, 0.15) is 0 Å². The first-order chi connectivity index (χ1) is 16.0. The molecule has 4 rings (SSSR count). The van der Waals surface area contributed by atoms with Crippen molar-refractivity contribution in [1.82, 2.24) is 19.9 Å². The molecule has 3 heterocycles. The fraction of sp³-hybridized carbons (Fsp3) is 0.300. The van der Waals surface area contributed by atoms with Gasteiger partial charge in [-0.25, -0.2) is 14.8 Å². The Morgan fingerprint density at radius 3 is 2.59 bits per heavy atom. The average molecular weight is 520 g/mol. The SMILES string of the molecule is COC(=O)C1CN(c2cc(-n3ccnc3)c3ccc(Cl)c(Cl)c3n2)CCN1.O=C(O)C(F)(F)F. The van der Waals surface area contributed by atoms with Crippen LogP contribution in [0, 0.1) is 0 Å². The predicted molar refractivity (Wildman–Crippen MR) is 119 cm³/mol. The molecule has 14 heteroatoms. The number of benzene rings is 1. The second-order valence-corrected chi connectivity index (χ2v) is 7.79. The van der Waals surface area contributed by atoms with Gasteiger partial charge in [-0.15, -0.1) is 0 Å². The van der Waals surface area contributed by atoms with Crippen molar-refractivity contribution in [1.29, 1.82) is 0 Å². The third-order valence-electron chi connectivity index (χ3n) is 4.85. The number of carbonyl (C=O) groups is 2. The highest BCUT2D eigenvalue weighted by atomic mass is 35.5. The van der Waals surface area contributed by atoms with Crippen LogP contribution in [0.3, 0.4) is 0 Å². The molecule has 1 fully saturated rings. The molecule has 9 nitrogen and oxygen atoms in total. The number of nitrogens with one attached hydrogen (secondary N) is 1. The van der Waals surface area contributed by atoms with Crippen LogP contribution in [0.4, 0.5) is 19.0 Å². The number of piperazine rings is 1. The molecule has 1 saturated heterocycles. The van der Waals surface area contributed by atoms with E-state index in [4.69, 9.17) is 42.8 Å². The lowest BCUT2D eigenvalue weighted by Crippen LogP contribution is -2.54. The first-order valence-corrected chi connectivity index (χ1v) is 10.4. The second kappa shape index (κ2) is 10.5. The first-order valence-electron chi connectivity index (χ1n) is 9.66. The second-order valence-electron chi connectivity index (χ2n) is 7.01. The molecule has 1 aromatic carbocycles. The maximum absolute atomic E-state index is 11.9. The molecule has 34 heavy (non-hydrogen) atoms. The molecule has 1 unspecified atom stereocenters. The smallest absolute Gasteiger partial charge is 0.475 e. The van der Waals surface area contributed by atoms with Crippen molar-refractivity contribution >= 4 is 51.9 Å². The number of rotatable bonds is 3. The van der Waals surface area contributed by atoms with Crippen molar-refractivity contribution in [2.24, 2.45) is 0 Å². The van der Waals surface area contributed by atoms with Gasteiger partial charge < -0.3 is 24.6 Å². The number of hydrogen-bond donors (Lipinski definition) is 2. The van der Waals surface area contributed by atoms with Crippen molar-refractivity contribution < 1.29 is 32.6 Å². The summed E-state index contributed by atoms with van der Waals surface area (Å²) in [6.07, 6.45) is 0.202. The molecule has 1 aliphatic heterocycles. The number of carboxylic acid groups (broad SMARTS) is 1. The number of alkyl halides is 3. The third kappa shape index (κ3) is 5.69. The topological polar surface area (TPSA) is 110 Å². The fourth-order valence-electron chi connectivity index (χ4n) is 3.24. The number of methoxy groups -OCH3 is 1. The fourth-order valence-corrected chi connectivity index (χ4v) is 3.60. The van der Waals surface area contributed by atoms with E-state index in [-0.39, 0.29) is 5.97 Å². The van der Waals surface area contributed by atoms with Crippen LogP contribution in [0.15, 0.2) is 36.9 Å². The molecule has 3 aromatic rings. The molecule has 1 aliphatic rings. The number of hydrogen-bond acceptors (Lipinski definition) is 7. The number of imidazole rings is 1. The van der Waals surface area contributed by atoms with Crippen LogP contribution in [0.5, 0.6) is 0 Å². The Bertz CT molecular complexity index is 1190.